The Hall–Kier alpha value is -1.25. The second-order valence-electron chi connectivity index (χ2n) is 5.59. The van der Waals surface area contributed by atoms with E-state index >= 15 is 0 Å². The Morgan fingerprint density at radius 1 is 1.35 bits per heavy atom. The fourth-order valence-electron chi connectivity index (χ4n) is 3.39. The van der Waals surface area contributed by atoms with Crippen molar-refractivity contribution in [2.75, 3.05) is 11.9 Å². The van der Waals surface area contributed by atoms with Gasteiger partial charge in [0.05, 0.1) is 17.1 Å². The van der Waals surface area contributed by atoms with E-state index in [4.69, 9.17) is 0 Å². The molecule has 3 rings (SSSR count). The molecule has 92 valence electrons. The van der Waals surface area contributed by atoms with E-state index in [-0.39, 0.29) is 0 Å². The third-order valence-corrected chi connectivity index (χ3v) is 4.47. The van der Waals surface area contributed by atoms with Gasteiger partial charge in [-0.15, -0.1) is 0 Å². The van der Waals surface area contributed by atoms with Crippen molar-refractivity contribution in [1.82, 2.24) is 9.78 Å². The van der Waals surface area contributed by atoms with E-state index < -0.39 is 0 Å². The van der Waals surface area contributed by atoms with Crippen LogP contribution >= 0.6 is 0 Å². The van der Waals surface area contributed by atoms with Gasteiger partial charge in [0.2, 0.25) is 0 Å². The highest BCUT2D eigenvalue weighted by Crippen LogP contribution is 2.43. The van der Waals surface area contributed by atoms with Crippen molar-refractivity contribution in [3.63, 3.8) is 0 Å². The maximum absolute atomic E-state index is 4.44. The lowest BCUT2D eigenvalue weighted by Crippen LogP contribution is -2.18. The Morgan fingerprint density at radius 2 is 2.18 bits per heavy atom. The van der Waals surface area contributed by atoms with Gasteiger partial charge in [-0.3, -0.25) is 4.68 Å². The molecule has 2 aliphatic carbocycles. The minimum Gasteiger partial charge on any atom is -0.382 e. The van der Waals surface area contributed by atoms with Crippen LogP contribution in [0, 0.1) is 31.6 Å². The van der Waals surface area contributed by atoms with E-state index in [0.29, 0.717) is 0 Å². The Bertz CT molecular complexity index is 458. The van der Waals surface area contributed by atoms with Gasteiger partial charge in [0.15, 0.2) is 0 Å². The molecule has 0 aliphatic heterocycles. The molecule has 0 saturated heterocycles. The van der Waals surface area contributed by atoms with E-state index in [1.807, 2.05) is 11.7 Å². The SMILES string of the molecule is Cc1nn(C)c(C)c1NCC1CC2C=CC1C2. The molecule has 3 nitrogen and oxygen atoms in total. The van der Waals surface area contributed by atoms with Crippen LogP contribution < -0.4 is 5.32 Å². The highest BCUT2D eigenvalue weighted by molar-refractivity contribution is 5.52. The number of allylic oxidation sites excluding steroid dienone is 2. The Labute approximate surface area is 103 Å². The van der Waals surface area contributed by atoms with Gasteiger partial charge in [-0.25, -0.2) is 0 Å². The standard InChI is InChI=1S/C14H21N3/c1-9-14(10(2)17(3)16-9)15-8-13-7-11-4-5-12(13)6-11/h4-5,11-13,15H,6-8H2,1-3H3. The smallest absolute Gasteiger partial charge is 0.0827 e. The summed E-state index contributed by atoms with van der Waals surface area (Å²) in [6, 6.07) is 0. The first kappa shape index (κ1) is 10.9. The zero-order chi connectivity index (χ0) is 12.0. The average Bonchev–Trinajstić information content (AvgIpc) is 2.95. The van der Waals surface area contributed by atoms with E-state index in [1.54, 1.807) is 0 Å². The molecule has 1 heterocycles. The minimum atomic E-state index is 0.823. The van der Waals surface area contributed by atoms with Gasteiger partial charge in [0.1, 0.15) is 0 Å². The molecule has 1 saturated carbocycles. The lowest BCUT2D eigenvalue weighted by molar-refractivity contribution is 0.472. The van der Waals surface area contributed by atoms with Gasteiger partial charge in [-0.05, 0) is 44.4 Å². The summed E-state index contributed by atoms with van der Waals surface area (Å²) < 4.78 is 1.96. The van der Waals surface area contributed by atoms with Crippen molar-refractivity contribution in [3.8, 4) is 0 Å². The normalized spacial score (nSPS) is 30.2. The van der Waals surface area contributed by atoms with E-state index in [2.05, 4.69) is 36.4 Å². The largest absolute Gasteiger partial charge is 0.382 e. The van der Waals surface area contributed by atoms with E-state index in [1.165, 1.54) is 24.2 Å². The third kappa shape index (κ3) is 1.78. The molecule has 0 spiro atoms. The lowest BCUT2D eigenvalue weighted by atomic mass is 9.93. The predicted molar refractivity (Wildman–Crippen MR) is 70.0 cm³/mol. The van der Waals surface area contributed by atoms with Crippen molar-refractivity contribution in [2.24, 2.45) is 24.8 Å². The van der Waals surface area contributed by atoms with Crippen molar-refractivity contribution in [2.45, 2.75) is 26.7 Å². The molecule has 0 aromatic carbocycles. The number of nitrogens with zero attached hydrogens (tertiary/aromatic N) is 2. The van der Waals surface area contributed by atoms with Crippen LogP contribution in [0.5, 0.6) is 0 Å². The van der Waals surface area contributed by atoms with Crippen LogP contribution in [0.2, 0.25) is 0 Å². The number of nitrogens with one attached hydrogen (secondary N) is 1. The molecule has 0 amide bonds. The average molecular weight is 231 g/mol. The van der Waals surface area contributed by atoms with Crippen LogP contribution in [-0.2, 0) is 7.05 Å². The first-order valence-electron chi connectivity index (χ1n) is 6.57. The van der Waals surface area contributed by atoms with Gasteiger partial charge in [-0.1, -0.05) is 12.2 Å². The number of hydrogen-bond acceptors (Lipinski definition) is 2. The Balaban J connectivity index is 1.66. The molecular weight excluding hydrogens is 210 g/mol. The van der Waals surface area contributed by atoms with Gasteiger partial charge in [0.25, 0.3) is 0 Å². The fourth-order valence-corrected chi connectivity index (χ4v) is 3.39. The molecule has 3 atom stereocenters. The first-order valence-corrected chi connectivity index (χ1v) is 6.57. The topological polar surface area (TPSA) is 29.9 Å². The van der Waals surface area contributed by atoms with Crippen LogP contribution in [-0.4, -0.2) is 16.3 Å². The Kier molecular flexibility index (Phi) is 2.49. The van der Waals surface area contributed by atoms with Crippen molar-refractivity contribution >= 4 is 5.69 Å². The molecule has 0 radical (unpaired) electrons. The van der Waals surface area contributed by atoms with Crippen LogP contribution in [0.4, 0.5) is 5.69 Å². The molecule has 1 fully saturated rings. The van der Waals surface area contributed by atoms with E-state index in [0.717, 1.165) is 30.0 Å². The molecule has 2 aliphatic rings. The number of fused-ring (bicyclic) bond motifs is 2. The minimum absolute atomic E-state index is 0.823. The van der Waals surface area contributed by atoms with Gasteiger partial charge < -0.3 is 5.32 Å². The fraction of sp³-hybridized carbons (Fsp3) is 0.643. The van der Waals surface area contributed by atoms with Gasteiger partial charge >= 0.3 is 0 Å². The summed E-state index contributed by atoms with van der Waals surface area (Å²) in [6.07, 6.45) is 7.58. The molecular formula is C14H21N3. The van der Waals surface area contributed by atoms with Crippen molar-refractivity contribution in [1.29, 1.82) is 0 Å². The molecule has 3 unspecified atom stereocenters. The number of hydrogen-bond donors (Lipinski definition) is 1. The van der Waals surface area contributed by atoms with E-state index in [9.17, 15) is 0 Å². The summed E-state index contributed by atoms with van der Waals surface area (Å²) in [5.74, 6) is 2.51. The van der Waals surface area contributed by atoms with Gasteiger partial charge in [-0.2, -0.15) is 5.10 Å². The zero-order valence-corrected chi connectivity index (χ0v) is 10.9. The maximum Gasteiger partial charge on any atom is 0.0827 e. The number of anilines is 1. The summed E-state index contributed by atoms with van der Waals surface area (Å²) in [6.45, 7) is 5.30. The summed E-state index contributed by atoms with van der Waals surface area (Å²) in [5.41, 5.74) is 3.59. The molecule has 3 heteroatoms. The van der Waals surface area contributed by atoms with Crippen LogP contribution in [0.3, 0.4) is 0 Å². The lowest BCUT2D eigenvalue weighted by Gasteiger charge is -2.19. The molecule has 1 N–H and O–H groups in total. The van der Waals surface area contributed by atoms with Crippen LogP contribution in [0.1, 0.15) is 24.2 Å². The number of rotatable bonds is 3. The highest BCUT2D eigenvalue weighted by Gasteiger charge is 2.35. The molecule has 1 aromatic rings. The Morgan fingerprint density at radius 3 is 2.71 bits per heavy atom. The maximum atomic E-state index is 4.44. The highest BCUT2D eigenvalue weighted by atomic mass is 15.3. The second kappa shape index (κ2) is 3.90. The van der Waals surface area contributed by atoms with Crippen molar-refractivity contribution < 1.29 is 0 Å². The summed E-state index contributed by atoms with van der Waals surface area (Å²) >= 11 is 0. The van der Waals surface area contributed by atoms with Crippen molar-refractivity contribution in [3.05, 3.63) is 23.5 Å². The molecule has 17 heavy (non-hydrogen) atoms. The molecule has 2 bridgehead atoms. The second-order valence-corrected chi connectivity index (χ2v) is 5.59. The summed E-state index contributed by atoms with van der Waals surface area (Å²) in [7, 11) is 2.01. The number of aryl methyl sites for hydroxylation is 2. The van der Waals surface area contributed by atoms with Crippen LogP contribution in [0.25, 0.3) is 0 Å². The first-order chi connectivity index (χ1) is 8.15. The third-order valence-electron chi connectivity index (χ3n) is 4.47. The molecule has 1 aromatic heterocycles. The quantitative estimate of drug-likeness (QED) is 0.811. The van der Waals surface area contributed by atoms with Crippen LogP contribution in [0.15, 0.2) is 12.2 Å². The number of aromatic nitrogens is 2. The van der Waals surface area contributed by atoms with Gasteiger partial charge in [0, 0.05) is 13.6 Å². The summed E-state index contributed by atoms with van der Waals surface area (Å²) in [4.78, 5) is 0. The monoisotopic (exact) mass is 231 g/mol. The zero-order valence-electron chi connectivity index (χ0n) is 10.9. The predicted octanol–water partition coefficient (Wildman–Crippen LogP) is 2.66. The summed E-state index contributed by atoms with van der Waals surface area (Å²) in [5, 5.41) is 8.06.